The lowest BCUT2D eigenvalue weighted by Crippen LogP contribution is -2.28. The molecule has 2 aromatic rings. The van der Waals surface area contributed by atoms with Crippen molar-refractivity contribution >= 4 is 12.4 Å². The maximum atomic E-state index is 11.2. The number of hydrogen-bond donors (Lipinski definition) is 1. The molecule has 0 aliphatic carbocycles. The van der Waals surface area contributed by atoms with Gasteiger partial charge in [-0.3, -0.25) is 0 Å². The van der Waals surface area contributed by atoms with Crippen LogP contribution in [-0.4, -0.2) is 36.1 Å². The molecule has 0 amide bonds. The molecule has 0 saturated carbocycles. The molecular formula is C18H26ClNO2. The van der Waals surface area contributed by atoms with E-state index in [-0.39, 0.29) is 17.9 Å². The van der Waals surface area contributed by atoms with E-state index in [9.17, 15) is 5.11 Å². The van der Waals surface area contributed by atoms with E-state index < -0.39 is 5.60 Å². The smallest absolute Gasteiger partial charge is 0.115 e. The molecule has 3 nitrogen and oxygen atoms in total. The summed E-state index contributed by atoms with van der Waals surface area (Å²) in [7, 11) is 4.12. The van der Waals surface area contributed by atoms with Gasteiger partial charge in [0.05, 0.1) is 0 Å². The van der Waals surface area contributed by atoms with Crippen LogP contribution in [0.15, 0.2) is 60.7 Å². The Morgan fingerprint density at radius 1 is 0.864 bits per heavy atom. The van der Waals surface area contributed by atoms with Crippen molar-refractivity contribution in [1.82, 2.24) is 4.90 Å². The van der Waals surface area contributed by atoms with Crippen molar-refractivity contribution < 1.29 is 10.6 Å². The first-order valence-corrected chi connectivity index (χ1v) is 7.11. The van der Waals surface area contributed by atoms with Crippen molar-refractivity contribution in [2.24, 2.45) is 0 Å². The predicted molar refractivity (Wildman–Crippen MR) is 94.5 cm³/mol. The van der Waals surface area contributed by atoms with Crippen LogP contribution in [0.3, 0.4) is 0 Å². The maximum absolute atomic E-state index is 11.2. The van der Waals surface area contributed by atoms with Gasteiger partial charge >= 0.3 is 0 Å². The first-order valence-electron chi connectivity index (χ1n) is 7.11. The summed E-state index contributed by atoms with van der Waals surface area (Å²) in [4.78, 5) is 2.15. The van der Waals surface area contributed by atoms with Crippen molar-refractivity contribution in [2.45, 2.75) is 18.4 Å². The third kappa shape index (κ3) is 5.11. The Bertz CT molecular complexity index is 478. The Hall–Kier alpha value is -1.39. The molecule has 0 spiro atoms. The lowest BCUT2D eigenvalue weighted by Gasteiger charge is -2.30. The van der Waals surface area contributed by atoms with E-state index in [4.69, 9.17) is 0 Å². The van der Waals surface area contributed by atoms with E-state index in [1.54, 1.807) is 0 Å². The normalized spacial score (nSPS) is 10.7. The number of rotatable bonds is 6. The van der Waals surface area contributed by atoms with Crippen molar-refractivity contribution in [2.75, 3.05) is 20.6 Å². The highest BCUT2D eigenvalue weighted by atomic mass is 35.5. The van der Waals surface area contributed by atoms with Gasteiger partial charge in [-0.2, -0.15) is 0 Å². The quantitative estimate of drug-likeness (QED) is 0.888. The Labute approximate surface area is 139 Å². The van der Waals surface area contributed by atoms with Gasteiger partial charge in [-0.15, -0.1) is 12.4 Å². The predicted octanol–water partition coefficient (Wildman–Crippen LogP) is 2.86. The van der Waals surface area contributed by atoms with Crippen molar-refractivity contribution in [3.63, 3.8) is 0 Å². The van der Waals surface area contributed by atoms with Gasteiger partial charge in [0.25, 0.3) is 0 Å². The van der Waals surface area contributed by atoms with Gasteiger partial charge in [0, 0.05) is 0 Å². The van der Waals surface area contributed by atoms with E-state index >= 15 is 0 Å². The minimum Gasteiger partial charge on any atom is -0.412 e. The van der Waals surface area contributed by atoms with Crippen LogP contribution in [0.4, 0.5) is 0 Å². The van der Waals surface area contributed by atoms with E-state index in [0.29, 0.717) is 0 Å². The Balaban J connectivity index is 0.00000220. The van der Waals surface area contributed by atoms with Crippen LogP contribution in [-0.2, 0) is 5.60 Å². The molecule has 0 unspecified atom stereocenters. The molecule has 0 atom stereocenters. The SMILES string of the molecule is CN(C)CCCC(O)(c1ccccc1)c1ccccc1.Cl.O. The molecule has 122 valence electrons. The molecule has 22 heavy (non-hydrogen) atoms. The van der Waals surface area contributed by atoms with Crippen molar-refractivity contribution in [1.29, 1.82) is 0 Å². The molecule has 0 aromatic heterocycles. The Kier molecular flexibility index (Phi) is 8.99. The molecule has 0 fully saturated rings. The fraction of sp³-hybridized carbons (Fsp3) is 0.333. The molecule has 0 radical (unpaired) electrons. The minimum atomic E-state index is -0.904. The fourth-order valence-electron chi connectivity index (χ4n) is 2.53. The lowest BCUT2D eigenvalue weighted by atomic mass is 9.82. The van der Waals surface area contributed by atoms with Gasteiger partial charge in [-0.05, 0) is 44.6 Å². The van der Waals surface area contributed by atoms with E-state index in [1.807, 2.05) is 60.7 Å². The average molecular weight is 324 g/mol. The molecule has 2 aromatic carbocycles. The van der Waals surface area contributed by atoms with Crippen LogP contribution in [0.5, 0.6) is 0 Å². The highest BCUT2D eigenvalue weighted by Gasteiger charge is 2.30. The van der Waals surface area contributed by atoms with Crippen molar-refractivity contribution in [3.05, 3.63) is 71.8 Å². The molecule has 0 bridgehead atoms. The van der Waals surface area contributed by atoms with Gasteiger partial charge < -0.3 is 15.5 Å². The van der Waals surface area contributed by atoms with Crippen LogP contribution >= 0.6 is 12.4 Å². The topological polar surface area (TPSA) is 55.0 Å². The third-order valence-corrected chi connectivity index (χ3v) is 3.65. The van der Waals surface area contributed by atoms with Crippen molar-refractivity contribution in [3.8, 4) is 0 Å². The summed E-state index contributed by atoms with van der Waals surface area (Å²) >= 11 is 0. The Morgan fingerprint density at radius 3 is 1.64 bits per heavy atom. The third-order valence-electron chi connectivity index (χ3n) is 3.65. The number of hydrogen-bond acceptors (Lipinski definition) is 2. The van der Waals surface area contributed by atoms with Crippen LogP contribution in [0.2, 0.25) is 0 Å². The number of halogens is 1. The zero-order chi connectivity index (χ0) is 14.4. The van der Waals surface area contributed by atoms with Crippen LogP contribution in [0.25, 0.3) is 0 Å². The highest BCUT2D eigenvalue weighted by molar-refractivity contribution is 5.85. The molecule has 0 aliphatic heterocycles. The van der Waals surface area contributed by atoms with E-state index in [0.717, 1.165) is 30.5 Å². The average Bonchev–Trinajstić information content (AvgIpc) is 2.48. The largest absolute Gasteiger partial charge is 0.412 e. The van der Waals surface area contributed by atoms with Crippen LogP contribution < -0.4 is 0 Å². The van der Waals surface area contributed by atoms with E-state index in [2.05, 4.69) is 19.0 Å². The summed E-state index contributed by atoms with van der Waals surface area (Å²) < 4.78 is 0. The molecule has 0 heterocycles. The first kappa shape index (κ1) is 20.6. The first-order chi connectivity index (χ1) is 9.63. The summed E-state index contributed by atoms with van der Waals surface area (Å²) in [6.07, 6.45) is 1.67. The maximum Gasteiger partial charge on any atom is 0.115 e. The molecule has 4 heteroatoms. The second-order valence-corrected chi connectivity index (χ2v) is 5.50. The fourth-order valence-corrected chi connectivity index (χ4v) is 2.53. The Morgan fingerprint density at radius 2 is 1.27 bits per heavy atom. The summed E-state index contributed by atoms with van der Waals surface area (Å²) in [5.41, 5.74) is 1.02. The zero-order valence-corrected chi connectivity index (χ0v) is 14.0. The summed E-state index contributed by atoms with van der Waals surface area (Å²) in [5.74, 6) is 0. The van der Waals surface area contributed by atoms with Crippen LogP contribution in [0.1, 0.15) is 24.0 Å². The van der Waals surface area contributed by atoms with Gasteiger partial charge in [-0.1, -0.05) is 60.7 Å². The van der Waals surface area contributed by atoms with E-state index in [1.165, 1.54) is 0 Å². The lowest BCUT2D eigenvalue weighted by molar-refractivity contribution is 0.0665. The minimum absolute atomic E-state index is 0. The second kappa shape index (κ2) is 9.59. The molecule has 2 rings (SSSR count). The summed E-state index contributed by atoms with van der Waals surface area (Å²) in [6.45, 7) is 0.974. The second-order valence-electron chi connectivity index (χ2n) is 5.50. The molecule has 0 aliphatic rings. The monoisotopic (exact) mass is 323 g/mol. The molecule has 3 N–H and O–H groups in total. The number of nitrogens with zero attached hydrogens (tertiary/aromatic N) is 1. The standard InChI is InChI=1S/C18H23NO.ClH.H2O/c1-19(2)15-9-14-18(20,16-10-5-3-6-11-16)17-12-7-4-8-13-17;;/h3-8,10-13,20H,9,14-15H2,1-2H3;1H;1H2. The van der Waals surface area contributed by atoms with Gasteiger partial charge in [-0.25, -0.2) is 0 Å². The zero-order valence-electron chi connectivity index (χ0n) is 13.2. The van der Waals surface area contributed by atoms with Crippen LogP contribution in [0, 0.1) is 0 Å². The molecular weight excluding hydrogens is 298 g/mol. The summed E-state index contributed by atoms with van der Waals surface area (Å²) in [5, 5.41) is 11.2. The van der Waals surface area contributed by atoms with Gasteiger partial charge in [0.2, 0.25) is 0 Å². The molecule has 0 saturated heterocycles. The van der Waals surface area contributed by atoms with Gasteiger partial charge in [0.1, 0.15) is 5.60 Å². The van der Waals surface area contributed by atoms with Gasteiger partial charge in [0.15, 0.2) is 0 Å². The number of aliphatic hydroxyl groups is 1. The number of benzene rings is 2. The summed E-state index contributed by atoms with van der Waals surface area (Å²) in [6, 6.07) is 19.9. The highest BCUT2D eigenvalue weighted by Crippen LogP contribution is 2.33.